The lowest BCUT2D eigenvalue weighted by Gasteiger charge is -2.23. The zero-order chi connectivity index (χ0) is 32.4. The minimum Gasteiger partial charge on any atom is -0.493 e. The number of hydrogen-bond acceptors (Lipinski definition) is 5. The molecule has 45 heavy (non-hydrogen) atoms. The first-order valence-corrected chi connectivity index (χ1v) is 17.2. The number of carbonyl (C=O) groups is 1. The molecule has 0 atom stereocenters. The van der Waals surface area contributed by atoms with E-state index in [1.54, 1.807) is 20.4 Å². The quantitative estimate of drug-likeness (QED) is 0.113. The second kappa shape index (κ2) is 19.8. The lowest BCUT2D eigenvalue weighted by atomic mass is 10.0. The van der Waals surface area contributed by atoms with Crippen molar-refractivity contribution in [3.05, 3.63) is 47.7 Å². The van der Waals surface area contributed by atoms with Crippen molar-refractivity contribution in [3.8, 4) is 23.0 Å². The molecule has 0 saturated heterocycles. The van der Waals surface area contributed by atoms with E-state index < -0.39 is 6.09 Å². The van der Waals surface area contributed by atoms with Crippen molar-refractivity contribution in [1.29, 1.82) is 0 Å². The van der Waals surface area contributed by atoms with Gasteiger partial charge in [-0.05, 0) is 55.7 Å². The van der Waals surface area contributed by atoms with Gasteiger partial charge in [0.25, 0.3) is 0 Å². The number of ether oxygens (including phenoxy) is 3. The Hall–Kier alpha value is -3.48. The monoisotopic (exact) mass is 620 g/mol. The van der Waals surface area contributed by atoms with Gasteiger partial charge in [-0.15, -0.1) is 0 Å². The maximum absolute atomic E-state index is 12.3. The Morgan fingerprint density at radius 3 is 1.76 bits per heavy atom. The number of hydrogen-bond donors (Lipinski definition) is 1. The summed E-state index contributed by atoms with van der Waals surface area (Å²) in [5.41, 5.74) is 3.23. The van der Waals surface area contributed by atoms with Crippen LogP contribution in [0.15, 0.2) is 36.5 Å². The summed E-state index contributed by atoms with van der Waals surface area (Å²) in [6.07, 6.45) is 21.5. The van der Waals surface area contributed by atoms with E-state index in [1.165, 1.54) is 88.4 Å². The third-order valence-corrected chi connectivity index (χ3v) is 8.89. The molecule has 0 aliphatic heterocycles. The van der Waals surface area contributed by atoms with Gasteiger partial charge in [-0.3, -0.25) is 9.88 Å². The van der Waals surface area contributed by atoms with Crippen LogP contribution in [0.3, 0.4) is 0 Å². The van der Waals surface area contributed by atoms with Gasteiger partial charge in [0.15, 0.2) is 11.5 Å². The number of anilines is 1. The van der Waals surface area contributed by atoms with Crippen LogP contribution in [-0.4, -0.2) is 36.9 Å². The van der Waals surface area contributed by atoms with Crippen LogP contribution in [0.5, 0.6) is 23.0 Å². The zero-order valence-corrected chi connectivity index (χ0v) is 28.5. The molecule has 0 spiro atoms. The third-order valence-electron chi connectivity index (χ3n) is 8.89. The zero-order valence-electron chi connectivity index (χ0n) is 28.5. The molecule has 0 aliphatic carbocycles. The van der Waals surface area contributed by atoms with E-state index in [1.807, 2.05) is 44.2 Å². The average Bonchev–Trinajstić information content (AvgIpc) is 3.04. The number of carboxylic acid groups (broad SMARTS) is 1. The Labute approximate surface area is 271 Å². The van der Waals surface area contributed by atoms with E-state index in [0.29, 0.717) is 35.2 Å². The van der Waals surface area contributed by atoms with Crippen molar-refractivity contribution in [2.75, 3.05) is 25.7 Å². The lowest BCUT2D eigenvalue weighted by Crippen LogP contribution is -2.31. The van der Waals surface area contributed by atoms with Gasteiger partial charge >= 0.3 is 6.09 Å². The molecule has 1 aromatic heterocycles. The average molecular weight is 621 g/mol. The molecule has 1 N–H and O–H groups in total. The van der Waals surface area contributed by atoms with Crippen molar-refractivity contribution in [1.82, 2.24) is 4.98 Å². The molecule has 1 heterocycles. The van der Waals surface area contributed by atoms with Gasteiger partial charge in [-0.1, -0.05) is 103 Å². The van der Waals surface area contributed by atoms with Crippen LogP contribution in [0.25, 0.3) is 10.9 Å². The summed E-state index contributed by atoms with van der Waals surface area (Å²) >= 11 is 0. The van der Waals surface area contributed by atoms with Crippen LogP contribution in [0.2, 0.25) is 0 Å². The molecule has 248 valence electrons. The van der Waals surface area contributed by atoms with E-state index in [0.717, 1.165) is 41.3 Å². The summed E-state index contributed by atoms with van der Waals surface area (Å²) in [5.74, 6) is 2.51. The van der Waals surface area contributed by atoms with Crippen LogP contribution in [0, 0.1) is 13.8 Å². The van der Waals surface area contributed by atoms with Crippen molar-refractivity contribution in [3.63, 3.8) is 0 Å². The summed E-state index contributed by atoms with van der Waals surface area (Å²) in [7, 11) is 3.19. The number of pyridine rings is 1. The minimum atomic E-state index is -0.923. The Bertz CT molecular complexity index is 1330. The van der Waals surface area contributed by atoms with Crippen LogP contribution < -0.4 is 19.1 Å². The molecule has 1 amide bonds. The highest BCUT2D eigenvalue weighted by atomic mass is 16.5. The van der Waals surface area contributed by atoms with Gasteiger partial charge in [0.05, 0.1) is 25.4 Å². The van der Waals surface area contributed by atoms with Crippen molar-refractivity contribution in [2.45, 2.75) is 124 Å². The second-order valence-electron chi connectivity index (χ2n) is 12.2. The summed E-state index contributed by atoms with van der Waals surface area (Å²) in [6.45, 7) is 6.69. The van der Waals surface area contributed by atoms with Crippen molar-refractivity contribution >= 4 is 22.7 Å². The first-order valence-electron chi connectivity index (χ1n) is 17.2. The molecule has 0 aliphatic rings. The molecule has 7 heteroatoms. The summed E-state index contributed by atoms with van der Waals surface area (Å²) in [6, 6.07) is 9.21. The highest BCUT2D eigenvalue weighted by Crippen LogP contribution is 2.39. The molecular formula is C38H56N2O5. The minimum absolute atomic E-state index is 0.491. The van der Waals surface area contributed by atoms with Crippen molar-refractivity contribution < 1.29 is 24.1 Å². The van der Waals surface area contributed by atoms with Crippen LogP contribution in [-0.2, 0) is 0 Å². The second-order valence-corrected chi connectivity index (χ2v) is 12.2. The molecule has 0 fully saturated rings. The number of aromatic nitrogens is 1. The Balaban J connectivity index is 1.45. The molecule has 0 unspecified atom stereocenters. The van der Waals surface area contributed by atoms with Gasteiger partial charge in [-0.2, -0.15) is 0 Å². The van der Waals surface area contributed by atoms with Gasteiger partial charge < -0.3 is 19.3 Å². The molecule has 3 rings (SSSR count). The molecule has 0 radical (unpaired) electrons. The largest absolute Gasteiger partial charge is 0.493 e. The molecule has 7 nitrogen and oxygen atoms in total. The number of fused-ring (bicyclic) bond motifs is 1. The maximum Gasteiger partial charge on any atom is 0.411 e. The Morgan fingerprint density at radius 2 is 1.22 bits per heavy atom. The van der Waals surface area contributed by atoms with Crippen LogP contribution in [0.4, 0.5) is 10.5 Å². The predicted octanol–water partition coefficient (Wildman–Crippen LogP) is 11.4. The van der Waals surface area contributed by atoms with E-state index in [2.05, 4.69) is 11.9 Å². The fraction of sp³-hybridized carbons (Fsp3) is 0.579. The lowest BCUT2D eigenvalue weighted by molar-refractivity contribution is 0.201. The Morgan fingerprint density at radius 1 is 0.689 bits per heavy atom. The summed E-state index contributed by atoms with van der Waals surface area (Å²) in [5, 5.41) is 10.8. The SMILES string of the molecule is CCCCCCCCCCCCCCCCCCN(C(=O)O)c1ccc(Oc2ccnc3cc(OC)c(OC)cc23)c(C)c1C. The molecular weight excluding hydrogens is 564 g/mol. The highest BCUT2D eigenvalue weighted by molar-refractivity contribution is 5.89. The maximum atomic E-state index is 12.3. The Kier molecular flexibility index (Phi) is 15.8. The number of amides is 1. The predicted molar refractivity (Wildman–Crippen MR) is 186 cm³/mol. The summed E-state index contributed by atoms with van der Waals surface area (Å²) in [4.78, 5) is 18.2. The summed E-state index contributed by atoms with van der Waals surface area (Å²) < 4.78 is 17.3. The normalized spacial score (nSPS) is 11.1. The van der Waals surface area contributed by atoms with Gasteiger partial charge in [-0.25, -0.2) is 4.79 Å². The number of methoxy groups -OCH3 is 2. The number of unbranched alkanes of at least 4 members (excludes halogenated alkanes) is 15. The first-order chi connectivity index (χ1) is 21.9. The fourth-order valence-corrected chi connectivity index (χ4v) is 5.98. The number of nitrogens with zero attached hydrogens (tertiary/aromatic N) is 2. The van der Waals surface area contributed by atoms with Gasteiger partial charge in [0.1, 0.15) is 11.5 Å². The topological polar surface area (TPSA) is 81.1 Å². The first kappa shape index (κ1) is 36.0. The van der Waals surface area contributed by atoms with E-state index >= 15 is 0 Å². The number of rotatable bonds is 22. The van der Waals surface area contributed by atoms with E-state index in [4.69, 9.17) is 14.2 Å². The highest BCUT2D eigenvalue weighted by Gasteiger charge is 2.20. The third kappa shape index (κ3) is 11.1. The van der Waals surface area contributed by atoms with Crippen molar-refractivity contribution in [2.24, 2.45) is 0 Å². The number of benzene rings is 2. The van der Waals surface area contributed by atoms with Crippen LogP contribution >= 0.6 is 0 Å². The molecule has 3 aromatic rings. The smallest absolute Gasteiger partial charge is 0.411 e. The fourth-order valence-electron chi connectivity index (χ4n) is 5.98. The van der Waals surface area contributed by atoms with Gasteiger partial charge in [0.2, 0.25) is 0 Å². The molecule has 0 bridgehead atoms. The van der Waals surface area contributed by atoms with Crippen LogP contribution in [0.1, 0.15) is 121 Å². The van der Waals surface area contributed by atoms with E-state index in [-0.39, 0.29) is 0 Å². The molecule has 2 aromatic carbocycles. The molecule has 0 saturated carbocycles. The van der Waals surface area contributed by atoms with E-state index in [9.17, 15) is 9.90 Å². The standard InChI is InChI=1S/C38H56N2O5/c1-6-7-8-9-10-11-12-13-14-15-16-17-18-19-20-21-26-40(38(41)42)33-22-23-34(30(3)29(33)2)45-35-24-25-39-32-28-37(44-5)36(43-4)27-31(32)35/h22-25,27-28H,6-21,26H2,1-5H3,(H,41,42). The van der Waals surface area contributed by atoms with Gasteiger partial charge in [0, 0.05) is 24.2 Å².